The van der Waals surface area contributed by atoms with Gasteiger partial charge in [-0.05, 0) is 25.3 Å². The molecule has 1 N–H and O–H groups in total. The average Bonchev–Trinajstić information content (AvgIpc) is 2.89. The number of aromatic nitrogens is 2. The molecule has 0 aromatic carbocycles. The Balaban J connectivity index is 1.58. The maximum atomic E-state index is 4.46. The van der Waals surface area contributed by atoms with Crippen molar-refractivity contribution in [2.75, 3.05) is 19.6 Å². The average molecular weight is 262 g/mol. The molecule has 3 rings (SSSR count). The standard InChI is InChI=1S/C15H26N4/c1-2-16-14-6-4-3-5-13(14)11-18-9-10-19-8-7-17-15(19)12-18/h7-8,13-14,16H,2-6,9-12H2,1H3. The van der Waals surface area contributed by atoms with E-state index in [1.807, 2.05) is 6.20 Å². The second-order valence-corrected chi connectivity index (χ2v) is 5.98. The van der Waals surface area contributed by atoms with E-state index in [9.17, 15) is 0 Å². The van der Waals surface area contributed by atoms with Gasteiger partial charge in [-0.2, -0.15) is 0 Å². The summed E-state index contributed by atoms with van der Waals surface area (Å²) in [7, 11) is 0. The molecule has 1 aromatic rings. The Kier molecular flexibility index (Phi) is 4.18. The molecule has 4 heteroatoms. The summed E-state index contributed by atoms with van der Waals surface area (Å²) in [5.74, 6) is 2.07. The lowest BCUT2D eigenvalue weighted by molar-refractivity contribution is 0.142. The van der Waals surface area contributed by atoms with Gasteiger partial charge < -0.3 is 9.88 Å². The Morgan fingerprint density at radius 2 is 2.21 bits per heavy atom. The molecule has 4 nitrogen and oxygen atoms in total. The Labute approximate surface area is 116 Å². The molecule has 1 aliphatic heterocycles. The third-order valence-electron chi connectivity index (χ3n) is 4.69. The van der Waals surface area contributed by atoms with Crippen LogP contribution in [0.3, 0.4) is 0 Å². The summed E-state index contributed by atoms with van der Waals surface area (Å²) < 4.78 is 2.29. The molecule has 1 aromatic heterocycles. The van der Waals surface area contributed by atoms with Crippen LogP contribution in [0.15, 0.2) is 12.4 Å². The van der Waals surface area contributed by atoms with Gasteiger partial charge in [0.1, 0.15) is 5.82 Å². The Morgan fingerprint density at radius 3 is 3.11 bits per heavy atom. The highest BCUT2D eigenvalue weighted by Gasteiger charge is 2.27. The van der Waals surface area contributed by atoms with Gasteiger partial charge in [0, 0.05) is 38.1 Å². The second kappa shape index (κ2) is 6.06. The summed E-state index contributed by atoms with van der Waals surface area (Å²) >= 11 is 0. The molecule has 2 unspecified atom stereocenters. The van der Waals surface area contributed by atoms with Crippen molar-refractivity contribution < 1.29 is 0 Å². The summed E-state index contributed by atoms with van der Waals surface area (Å²) in [5.41, 5.74) is 0. The first kappa shape index (κ1) is 13.1. The molecule has 1 aliphatic carbocycles. The van der Waals surface area contributed by atoms with E-state index in [-0.39, 0.29) is 0 Å². The molecule has 1 saturated carbocycles. The van der Waals surface area contributed by atoms with E-state index in [0.717, 1.165) is 31.6 Å². The normalized spacial score (nSPS) is 28.3. The van der Waals surface area contributed by atoms with Crippen molar-refractivity contribution in [3.05, 3.63) is 18.2 Å². The minimum absolute atomic E-state index is 0.737. The monoisotopic (exact) mass is 262 g/mol. The van der Waals surface area contributed by atoms with E-state index in [1.54, 1.807) is 0 Å². The van der Waals surface area contributed by atoms with Gasteiger partial charge in [-0.1, -0.05) is 19.8 Å². The van der Waals surface area contributed by atoms with Gasteiger partial charge in [0.25, 0.3) is 0 Å². The van der Waals surface area contributed by atoms with Crippen molar-refractivity contribution in [3.63, 3.8) is 0 Å². The molecule has 106 valence electrons. The topological polar surface area (TPSA) is 33.1 Å². The van der Waals surface area contributed by atoms with Crippen LogP contribution in [0.4, 0.5) is 0 Å². The van der Waals surface area contributed by atoms with Crippen molar-refractivity contribution >= 4 is 0 Å². The summed E-state index contributed by atoms with van der Waals surface area (Å²) in [4.78, 5) is 7.06. The highest BCUT2D eigenvalue weighted by molar-refractivity contribution is 4.96. The fourth-order valence-corrected chi connectivity index (χ4v) is 3.67. The van der Waals surface area contributed by atoms with Crippen LogP contribution in [0, 0.1) is 5.92 Å². The summed E-state index contributed by atoms with van der Waals surface area (Å²) in [6.07, 6.45) is 9.60. The number of fused-ring (bicyclic) bond motifs is 1. The molecular formula is C15H26N4. The first-order valence-electron chi connectivity index (χ1n) is 7.82. The number of imidazole rings is 1. The SMILES string of the molecule is CCNC1CCCCC1CN1CCn2ccnc2C1. The zero-order valence-electron chi connectivity index (χ0n) is 12.0. The van der Waals surface area contributed by atoms with Crippen molar-refractivity contribution in [1.82, 2.24) is 19.8 Å². The van der Waals surface area contributed by atoms with E-state index >= 15 is 0 Å². The molecule has 2 atom stereocenters. The van der Waals surface area contributed by atoms with E-state index in [2.05, 4.69) is 32.9 Å². The molecular weight excluding hydrogens is 236 g/mol. The largest absolute Gasteiger partial charge is 0.333 e. The van der Waals surface area contributed by atoms with Crippen molar-refractivity contribution in [2.24, 2.45) is 5.92 Å². The van der Waals surface area contributed by atoms with Gasteiger partial charge in [-0.25, -0.2) is 4.98 Å². The molecule has 19 heavy (non-hydrogen) atoms. The van der Waals surface area contributed by atoms with Gasteiger partial charge in [0.2, 0.25) is 0 Å². The number of rotatable bonds is 4. The maximum Gasteiger partial charge on any atom is 0.122 e. The molecule has 0 radical (unpaired) electrons. The Bertz CT molecular complexity index is 399. The fraction of sp³-hybridized carbons (Fsp3) is 0.800. The van der Waals surface area contributed by atoms with Crippen molar-refractivity contribution in [3.8, 4) is 0 Å². The molecule has 2 aliphatic rings. The van der Waals surface area contributed by atoms with Crippen molar-refractivity contribution in [2.45, 2.75) is 51.7 Å². The number of nitrogens with zero attached hydrogens (tertiary/aromatic N) is 3. The Hall–Kier alpha value is -0.870. The summed E-state index contributed by atoms with van der Waals surface area (Å²) in [5, 5.41) is 3.69. The van der Waals surface area contributed by atoms with E-state index in [0.29, 0.717) is 0 Å². The Morgan fingerprint density at radius 1 is 1.32 bits per heavy atom. The smallest absolute Gasteiger partial charge is 0.122 e. The number of hydrogen-bond acceptors (Lipinski definition) is 3. The van der Waals surface area contributed by atoms with Crippen LogP contribution in [-0.2, 0) is 13.1 Å². The number of nitrogens with one attached hydrogen (secondary N) is 1. The lowest BCUT2D eigenvalue weighted by Crippen LogP contribution is -2.45. The number of hydrogen-bond donors (Lipinski definition) is 1. The maximum absolute atomic E-state index is 4.46. The van der Waals surface area contributed by atoms with Crippen LogP contribution in [0.1, 0.15) is 38.4 Å². The third-order valence-corrected chi connectivity index (χ3v) is 4.69. The van der Waals surface area contributed by atoms with Crippen LogP contribution in [-0.4, -0.2) is 40.1 Å². The molecule has 1 fully saturated rings. The predicted molar refractivity (Wildman–Crippen MR) is 76.9 cm³/mol. The van der Waals surface area contributed by atoms with Crippen LogP contribution in [0.5, 0.6) is 0 Å². The highest BCUT2D eigenvalue weighted by atomic mass is 15.2. The third kappa shape index (κ3) is 3.00. The van der Waals surface area contributed by atoms with Crippen LogP contribution in [0.2, 0.25) is 0 Å². The van der Waals surface area contributed by atoms with Crippen LogP contribution < -0.4 is 5.32 Å². The lowest BCUT2D eigenvalue weighted by Gasteiger charge is -2.37. The van der Waals surface area contributed by atoms with Crippen LogP contribution in [0.25, 0.3) is 0 Å². The van der Waals surface area contributed by atoms with Crippen molar-refractivity contribution in [1.29, 1.82) is 0 Å². The first-order chi connectivity index (χ1) is 9.36. The minimum atomic E-state index is 0.737. The first-order valence-corrected chi connectivity index (χ1v) is 7.82. The van der Waals surface area contributed by atoms with Gasteiger partial charge in [-0.3, -0.25) is 4.90 Å². The summed E-state index contributed by atoms with van der Waals surface area (Å²) in [6, 6.07) is 0.737. The van der Waals surface area contributed by atoms with Gasteiger partial charge in [0.05, 0.1) is 6.54 Å². The minimum Gasteiger partial charge on any atom is -0.333 e. The molecule has 0 saturated heterocycles. The van der Waals surface area contributed by atoms with Gasteiger partial charge in [0.15, 0.2) is 0 Å². The molecule has 2 heterocycles. The van der Waals surface area contributed by atoms with Crippen LogP contribution >= 0.6 is 0 Å². The lowest BCUT2D eigenvalue weighted by atomic mass is 9.84. The zero-order valence-corrected chi connectivity index (χ0v) is 12.0. The summed E-state index contributed by atoms with van der Waals surface area (Å²) in [6.45, 7) is 7.88. The predicted octanol–water partition coefficient (Wildman–Crippen LogP) is 1.87. The van der Waals surface area contributed by atoms with E-state index < -0.39 is 0 Å². The van der Waals surface area contributed by atoms with Gasteiger partial charge in [-0.15, -0.1) is 0 Å². The molecule has 0 spiro atoms. The fourth-order valence-electron chi connectivity index (χ4n) is 3.67. The molecule has 0 bridgehead atoms. The van der Waals surface area contributed by atoms with E-state index in [1.165, 1.54) is 44.6 Å². The second-order valence-electron chi connectivity index (χ2n) is 5.98. The van der Waals surface area contributed by atoms with Gasteiger partial charge >= 0.3 is 0 Å². The zero-order chi connectivity index (χ0) is 13.1. The molecule has 0 amide bonds. The van der Waals surface area contributed by atoms with E-state index in [4.69, 9.17) is 0 Å². The quantitative estimate of drug-likeness (QED) is 0.899. The highest BCUT2D eigenvalue weighted by Crippen LogP contribution is 2.26.